The van der Waals surface area contributed by atoms with Gasteiger partial charge in [-0.25, -0.2) is 0 Å². The van der Waals surface area contributed by atoms with E-state index < -0.39 is 23.6 Å². The Balaban J connectivity index is 1.68. The Hall–Kier alpha value is -2.52. The van der Waals surface area contributed by atoms with Crippen LogP contribution in [0.5, 0.6) is 5.75 Å². The predicted molar refractivity (Wildman–Crippen MR) is 132 cm³/mol. The van der Waals surface area contributed by atoms with Crippen molar-refractivity contribution in [3.8, 4) is 5.75 Å². The fourth-order valence-electron chi connectivity index (χ4n) is 4.84. The van der Waals surface area contributed by atoms with Crippen LogP contribution >= 0.6 is 15.9 Å². The van der Waals surface area contributed by atoms with E-state index in [0.29, 0.717) is 28.8 Å². The quantitative estimate of drug-likeness (QED) is 0.397. The number of halogens is 4. The molecule has 0 fully saturated rings. The van der Waals surface area contributed by atoms with Gasteiger partial charge in [0.2, 0.25) is 0 Å². The number of ether oxygens (including phenoxy) is 1. The number of alkyl halides is 3. The third-order valence-corrected chi connectivity index (χ3v) is 7.02. The second kappa shape index (κ2) is 9.17. The fraction of sp³-hybridized carbons (Fsp3) is 0.423. The van der Waals surface area contributed by atoms with Crippen molar-refractivity contribution in [3.63, 3.8) is 0 Å². The lowest BCUT2D eigenvalue weighted by Crippen LogP contribution is -2.36. The minimum absolute atomic E-state index is 0.136. The van der Waals surface area contributed by atoms with Crippen molar-refractivity contribution >= 4 is 32.7 Å². The van der Waals surface area contributed by atoms with E-state index in [4.69, 9.17) is 4.74 Å². The minimum Gasteiger partial charge on any atom is -0.493 e. The van der Waals surface area contributed by atoms with Gasteiger partial charge in [-0.15, -0.1) is 0 Å². The summed E-state index contributed by atoms with van der Waals surface area (Å²) < 4.78 is 49.5. The average molecular weight is 553 g/mol. The number of hydrogen-bond donors (Lipinski definition) is 2. The number of fused-ring (bicyclic) bond motifs is 2. The number of carbonyl (C=O) groups is 1. The number of aromatic nitrogens is 1. The SMILES string of the molecule is CN(C)C(=O)c1ccc2[nH]c(C(C(O)CC(C)(C)c3cc(Br)cc4c3OCC4)C(F)(F)F)cc2c1. The first-order chi connectivity index (χ1) is 16.3. The number of nitrogens with zero attached hydrogens (tertiary/aromatic N) is 1. The van der Waals surface area contributed by atoms with Gasteiger partial charge in [-0.05, 0) is 53.8 Å². The van der Waals surface area contributed by atoms with Crippen molar-refractivity contribution < 1.29 is 27.8 Å². The number of rotatable bonds is 6. The number of H-pyrrole nitrogens is 1. The summed E-state index contributed by atoms with van der Waals surface area (Å²) in [5.41, 5.74) is 1.68. The Morgan fingerprint density at radius 1 is 1.20 bits per heavy atom. The molecule has 1 aromatic heterocycles. The molecule has 9 heteroatoms. The van der Waals surface area contributed by atoms with E-state index >= 15 is 0 Å². The van der Waals surface area contributed by atoms with Gasteiger partial charge in [0.05, 0.1) is 12.7 Å². The Morgan fingerprint density at radius 2 is 1.91 bits per heavy atom. The van der Waals surface area contributed by atoms with Crippen LogP contribution in [-0.4, -0.2) is 53.9 Å². The maximum atomic E-state index is 14.3. The lowest BCUT2D eigenvalue weighted by atomic mass is 9.76. The summed E-state index contributed by atoms with van der Waals surface area (Å²) in [6.07, 6.45) is -5.80. The van der Waals surface area contributed by atoms with Crippen LogP contribution in [0.15, 0.2) is 40.9 Å². The molecule has 2 atom stereocenters. The Kier molecular flexibility index (Phi) is 6.70. The number of aromatic amines is 1. The van der Waals surface area contributed by atoms with Crippen molar-refractivity contribution in [3.05, 3.63) is 63.3 Å². The second-order valence-corrected chi connectivity index (χ2v) is 10.9. The largest absolute Gasteiger partial charge is 0.493 e. The van der Waals surface area contributed by atoms with Crippen LogP contribution in [0.2, 0.25) is 0 Å². The molecule has 0 spiro atoms. The lowest BCUT2D eigenvalue weighted by molar-refractivity contribution is -0.175. The van der Waals surface area contributed by atoms with Gasteiger partial charge in [0.1, 0.15) is 11.7 Å². The summed E-state index contributed by atoms with van der Waals surface area (Å²) in [5.74, 6) is -1.67. The number of carbonyl (C=O) groups excluding carboxylic acids is 1. The van der Waals surface area contributed by atoms with E-state index in [0.717, 1.165) is 22.0 Å². The van der Waals surface area contributed by atoms with E-state index in [9.17, 15) is 23.1 Å². The van der Waals surface area contributed by atoms with Crippen LogP contribution in [0.1, 0.15) is 53.4 Å². The van der Waals surface area contributed by atoms with Gasteiger partial charge in [-0.1, -0.05) is 29.8 Å². The molecule has 0 aliphatic carbocycles. The molecule has 1 aliphatic rings. The van der Waals surface area contributed by atoms with Crippen molar-refractivity contribution in [2.45, 2.75) is 50.3 Å². The van der Waals surface area contributed by atoms with E-state index in [1.165, 1.54) is 11.0 Å². The number of hydrogen-bond acceptors (Lipinski definition) is 3. The van der Waals surface area contributed by atoms with Crippen molar-refractivity contribution in [2.75, 3.05) is 20.7 Å². The minimum atomic E-state index is -4.69. The van der Waals surface area contributed by atoms with Gasteiger partial charge in [0.25, 0.3) is 5.91 Å². The van der Waals surface area contributed by atoms with Crippen LogP contribution in [-0.2, 0) is 11.8 Å². The number of amides is 1. The molecule has 4 rings (SSSR count). The van der Waals surface area contributed by atoms with Crippen LogP contribution in [0.3, 0.4) is 0 Å². The summed E-state index contributed by atoms with van der Waals surface area (Å²) in [4.78, 5) is 16.5. The van der Waals surface area contributed by atoms with Gasteiger partial charge < -0.3 is 19.7 Å². The summed E-state index contributed by atoms with van der Waals surface area (Å²) in [6.45, 7) is 4.16. The maximum absolute atomic E-state index is 14.3. The molecule has 3 aromatic rings. The summed E-state index contributed by atoms with van der Waals surface area (Å²) in [7, 11) is 3.22. The van der Waals surface area contributed by atoms with Crippen molar-refractivity contribution in [1.29, 1.82) is 0 Å². The van der Waals surface area contributed by atoms with Crippen LogP contribution in [0.4, 0.5) is 13.2 Å². The molecule has 2 heterocycles. The molecule has 1 amide bonds. The van der Waals surface area contributed by atoms with Crippen LogP contribution in [0.25, 0.3) is 10.9 Å². The van der Waals surface area contributed by atoms with Crippen molar-refractivity contribution in [2.24, 2.45) is 0 Å². The molecule has 2 aromatic carbocycles. The highest BCUT2D eigenvalue weighted by Crippen LogP contribution is 2.46. The number of nitrogens with one attached hydrogen (secondary N) is 1. The number of aliphatic hydroxyl groups is 1. The number of aliphatic hydroxyl groups excluding tert-OH is 1. The smallest absolute Gasteiger partial charge is 0.399 e. The van der Waals surface area contributed by atoms with Gasteiger partial charge in [0, 0.05) is 52.7 Å². The topological polar surface area (TPSA) is 65.6 Å². The lowest BCUT2D eigenvalue weighted by Gasteiger charge is -2.33. The molecule has 35 heavy (non-hydrogen) atoms. The maximum Gasteiger partial charge on any atom is 0.399 e. The fourth-order valence-corrected chi connectivity index (χ4v) is 5.34. The summed E-state index contributed by atoms with van der Waals surface area (Å²) in [6, 6.07) is 9.89. The van der Waals surface area contributed by atoms with Gasteiger partial charge in [0.15, 0.2) is 0 Å². The standard InChI is InChI=1S/C26H28BrF3N2O3/c1-25(2,18-12-17(27)10-14-7-8-35-23(14)18)13-21(33)22(26(28,29)30)20-11-16-9-15(24(34)32(3)4)5-6-19(16)31-20/h5-6,9-12,21-22,31,33H,7-8,13H2,1-4H3. The molecular weight excluding hydrogens is 525 g/mol. The predicted octanol–water partition coefficient (Wildman–Crippen LogP) is 5.94. The van der Waals surface area contributed by atoms with Gasteiger partial charge >= 0.3 is 6.18 Å². The normalized spacial score (nSPS) is 15.6. The van der Waals surface area contributed by atoms with E-state index in [2.05, 4.69) is 20.9 Å². The Morgan fingerprint density at radius 3 is 2.57 bits per heavy atom. The first-order valence-corrected chi connectivity index (χ1v) is 12.1. The highest BCUT2D eigenvalue weighted by molar-refractivity contribution is 9.10. The third kappa shape index (κ3) is 5.07. The molecule has 0 saturated heterocycles. The first kappa shape index (κ1) is 25.6. The van der Waals surface area contributed by atoms with Gasteiger partial charge in [-0.2, -0.15) is 13.2 Å². The molecule has 0 radical (unpaired) electrons. The van der Waals surface area contributed by atoms with Crippen LogP contribution < -0.4 is 4.74 Å². The average Bonchev–Trinajstić information content (AvgIpc) is 3.36. The van der Waals surface area contributed by atoms with Crippen molar-refractivity contribution in [1.82, 2.24) is 9.88 Å². The highest BCUT2D eigenvalue weighted by atomic mass is 79.9. The Labute approximate surface area is 210 Å². The van der Waals surface area contributed by atoms with Gasteiger partial charge in [-0.3, -0.25) is 4.79 Å². The molecule has 1 aliphatic heterocycles. The zero-order valence-corrected chi connectivity index (χ0v) is 21.5. The third-order valence-electron chi connectivity index (χ3n) is 6.56. The van der Waals surface area contributed by atoms with E-state index in [1.807, 2.05) is 26.0 Å². The monoisotopic (exact) mass is 552 g/mol. The zero-order valence-electron chi connectivity index (χ0n) is 20.0. The first-order valence-electron chi connectivity index (χ1n) is 11.3. The highest BCUT2D eigenvalue weighted by Gasteiger charge is 2.48. The summed E-state index contributed by atoms with van der Waals surface area (Å²) in [5, 5.41) is 11.5. The molecule has 5 nitrogen and oxygen atoms in total. The molecule has 2 N–H and O–H groups in total. The summed E-state index contributed by atoms with van der Waals surface area (Å²) >= 11 is 3.49. The van der Waals surface area contributed by atoms with E-state index in [-0.39, 0.29) is 18.0 Å². The number of benzene rings is 2. The molecular formula is C26H28BrF3N2O3. The molecule has 0 saturated carbocycles. The van der Waals surface area contributed by atoms with E-state index in [1.54, 1.807) is 32.3 Å². The molecule has 188 valence electrons. The molecule has 0 bridgehead atoms. The Bertz CT molecular complexity index is 1270. The zero-order chi connectivity index (χ0) is 25.7. The molecule has 2 unspecified atom stereocenters. The second-order valence-electron chi connectivity index (χ2n) is 9.94. The van der Waals surface area contributed by atoms with Crippen LogP contribution in [0, 0.1) is 0 Å².